The van der Waals surface area contributed by atoms with Crippen LogP contribution in [0.25, 0.3) is 0 Å². The molecule has 10 nitrogen and oxygen atoms in total. The molecule has 0 atom stereocenters. The summed E-state index contributed by atoms with van der Waals surface area (Å²) in [5.74, 6) is 0.755. The van der Waals surface area contributed by atoms with Gasteiger partial charge in [0, 0.05) is 39.0 Å². The van der Waals surface area contributed by atoms with Gasteiger partial charge < -0.3 is 19.8 Å². The Morgan fingerprint density at radius 2 is 1.97 bits per heavy atom. The van der Waals surface area contributed by atoms with Gasteiger partial charge in [-0.1, -0.05) is 0 Å². The molecule has 36 heavy (non-hydrogen) atoms. The Kier molecular flexibility index (Phi) is 6.45. The fourth-order valence-electron chi connectivity index (χ4n) is 5.26. The molecule has 0 unspecified atom stereocenters. The standard InChI is InChI=1S/C25H25BN6O4/c26-29-17-3-7-31(8-4-17)23-12-18(20(30-35)15-28-23)24(34)32-9-5-25(6-10-32)13-21(33)19-11-16(14-27)1-2-22(19)36-25/h1-2,11-12,15,17,29H,3-10,13H2. The van der Waals surface area contributed by atoms with Crippen molar-refractivity contribution in [2.75, 3.05) is 31.1 Å². The number of pyridine rings is 1. The van der Waals surface area contributed by atoms with Crippen molar-refractivity contribution in [3.8, 4) is 11.8 Å². The highest BCUT2D eigenvalue weighted by atomic mass is 16.5. The number of nitrogens with one attached hydrogen (secondary N) is 1. The van der Waals surface area contributed by atoms with Crippen LogP contribution in [0.15, 0.2) is 35.6 Å². The first-order valence-electron chi connectivity index (χ1n) is 12.1. The van der Waals surface area contributed by atoms with E-state index in [0.29, 0.717) is 48.6 Å². The van der Waals surface area contributed by atoms with E-state index in [0.717, 1.165) is 25.9 Å². The zero-order valence-corrected chi connectivity index (χ0v) is 19.8. The maximum absolute atomic E-state index is 13.4. The number of fused-ring (bicyclic) bond motifs is 1. The van der Waals surface area contributed by atoms with Crippen molar-refractivity contribution in [1.82, 2.24) is 15.1 Å². The largest absolute Gasteiger partial charge is 0.486 e. The van der Waals surface area contributed by atoms with Crippen LogP contribution in [0.3, 0.4) is 0 Å². The number of rotatable bonds is 4. The summed E-state index contributed by atoms with van der Waals surface area (Å²) >= 11 is 0. The van der Waals surface area contributed by atoms with Crippen LogP contribution in [0, 0.1) is 16.2 Å². The summed E-state index contributed by atoms with van der Waals surface area (Å²) < 4.78 is 6.26. The van der Waals surface area contributed by atoms with E-state index in [1.807, 2.05) is 6.07 Å². The lowest BCUT2D eigenvalue weighted by atomic mass is 9.82. The van der Waals surface area contributed by atoms with Gasteiger partial charge in [0.15, 0.2) is 13.8 Å². The Hall–Kier alpha value is -3.78. The minimum Gasteiger partial charge on any atom is -0.486 e. The topological polar surface area (TPSA) is 128 Å². The number of benzene rings is 1. The number of hydrogen-bond donors (Lipinski definition) is 1. The van der Waals surface area contributed by atoms with Crippen LogP contribution in [-0.2, 0) is 0 Å². The number of piperidine rings is 2. The minimum absolute atomic E-state index is 0.00821. The summed E-state index contributed by atoms with van der Waals surface area (Å²) in [6.07, 6.45) is 4.21. The number of aromatic nitrogens is 1. The van der Waals surface area contributed by atoms with E-state index in [-0.39, 0.29) is 35.4 Å². The first kappa shape index (κ1) is 23.9. The molecular formula is C25H25BN6O4. The Labute approximate surface area is 210 Å². The molecule has 1 N–H and O–H groups in total. The maximum Gasteiger partial charge on any atom is 0.256 e. The van der Waals surface area contributed by atoms with E-state index in [9.17, 15) is 14.5 Å². The summed E-state index contributed by atoms with van der Waals surface area (Å²) in [6, 6.07) is 8.79. The number of nitrogens with zero attached hydrogens (tertiary/aromatic N) is 5. The van der Waals surface area contributed by atoms with Crippen LogP contribution in [0.4, 0.5) is 11.5 Å². The number of nitriles is 1. The van der Waals surface area contributed by atoms with Gasteiger partial charge in [-0.2, -0.15) is 5.26 Å². The van der Waals surface area contributed by atoms with Crippen LogP contribution in [0.2, 0.25) is 0 Å². The van der Waals surface area contributed by atoms with Crippen LogP contribution in [0.1, 0.15) is 58.4 Å². The number of ketones is 1. The highest BCUT2D eigenvalue weighted by Crippen LogP contribution is 2.40. The highest BCUT2D eigenvalue weighted by molar-refractivity contribution is 6.04. The van der Waals surface area contributed by atoms with Crippen molar-refractivity contribution in [3.63, 3.8) is 0 Å². The smallest absolute Gasteiger partial charge is 0.256 e. The van der Waals surface area contributed by atoms with E-state index < -0.39 is 5.60 Å². The monoisotopic (exact) mass is 484 g/mol. The second-order valence-electron chi connectivity index (χ2n) is 9.58. The summed E-state index contributed by atoms with van der Waals surface area (Å²) in [4.78, 5) is 45.8. The first-order chi connectivity index (χ1) is 17.4. The molecule has 0 saturated carbocycles. The summed E-state index contributed by atoms with van der Waals surface area (Å²) in [5.41, 5.74) is 0.383. The third-order valence-electron chi connectivity index (χ3n) is 7.43. The van der Waals surface area contributed by atoms with E-state index in [1.54, 1.807) is 29.2 Å². The van der Waals surface area contributed by atoms with Gasteiger partial charge >= 0.3 is 0 Å². The zero-order valence-electron chi connectivity index (χ0n) is 19.8. The molecule has 2 aromatic rings. The second-order valence-corrected chi connectivity index (χ2v) is 9.58. The lowest BCUT2D eigenvalue weighted by molar-refractivity contribution is -0.00569. The average Bonchev–Trinajstić information content (AvgIpc) is 2.92. The van der Waals surface area contributed by atoms with Crippen LogP contribution in [-0.4, -0.2) is 67.4 Å². The number of amides is 1. The Morgan fingerprint density at radius 1 is 1.22 bits per heavy atom. The number of anilines is 1. The normalized spacial score (nSPS) is 19.4. The molecule has 1 aromatic carbocycles. The molecule has 0 aliphatic carbocycles. The highest BCUT2D eigenvalue weighted by Gasteiger charge is 2.44. The van der Waals surface area contributed by atoms with Crippen molar-refractivity contribution in [3.05, 3.63) is 52.1 Å². The van der Waals surface area contributed by atoms with Gasteiger partial charge in [0.25, 0.3) is 5.91 Å². The SMILES string of the molecule is [B]NC1CCN(c2cc(C(=O)N3CCC4(CC3)CC(=O)c3cc(C#N)ccc3O4)c(N=O)cn2)CC1. The Balaban J connectivity index is 1.30. The maximum atomic E-state index is 13.4. The molecule has 1 amide bonds. The molecule has 2 radical (unpaired) electrons. The van der Waals surface area contributed by atoms with Crippen LogP contribution in [0.5, 0.6) is 5.75 Å². The van der Waals surface area contributed by atoms with E-state index in [2.05, 4.69) is 20.3 Å². The lowest BCUT2D eigenvalue weighted by Gasteiger charge is -2.44. The summed E-state index contributed by atoms with van der Waals surface area (Å²) in [7, 11) is 5.55. The zero-order chi connectivity index (χ0) is 25.3. The summed E-state index contributed by atoms with van der Waals surface area (Å²) in [6.45, 7) is 2.22. The minimum atomic E-state index is -0.689. The molecular weight excluding hydrogens is 459 g/mol. The van der Waals surface area contributed by atoms with Gasteiger partial charge in [0.1, 0.15) is 22.9 Å². The molecule has 2 fully saturated rings. The molecule has 1 aromatic heterocycles. The predicted molar refractivity (Wildman–Crippen MR) is 132 cm³/mol. The number of ether oxygens (including phenoxy) is 1. The van der Waals surface area contributed by atoms with E-state index in [4.69, 9.17) is 18.0 Å². The quantitative estimate of drug-likeness (QED) is 0.518. The van der Waals surface area contributed by atoms with Crippen molar-refractivity contribution < 1.29 is 14.3 Å². The van der Waals surface area contributed by atoms with E-state index >= 15 is 0 Å². The van der Waals surface area contributed by atoms with Gasteiger partial charge in [-0.05, 0) is 48.3 Å². The molecule has 11 heteroatoms. The number of carbonyl (C=O) groups is 2. The number of carbonyl (C=O) groups excluding carboxylic acids is 2. The van der Waals surface area contributed by atoms with Gasteiger partial charge in [-0.15, -0.1) is 4.91 Å². The van der Waals surface area contributed by atoms with Gasteiger partial charge in [-0.25, -0.2) is 4.98 Å². The van der Waals surface area contributed by atoms with Gasteiger partial charge in [0.2, 0.25) is 0 Å². The lowest BCUT2D eigenvalue weighted by Crippen LogP contribution is -2.52. The van der Waals surface area contributed by atoms with Crippen molar-refractivity contribution in [1.29, 1.82) is 5.26 Å². The first-order valence-corrected chi connectivity index (χ1v) is 12.1. The second kappa shape index (κ2) is 9.70. The number of likely N-dealkylation sites (tertiary alicyclic amines) is 1. The molecule has 182 valence electrons. The molecule has 3 aliphatic rings. The molecule has 4 heterocycles. The third kappa shape index (κ3) is 4.44. The fraction of sp³-hybridized carbons (Fsp3) is 0.440. The molecule has 0 bridgehead atoms. The van der Waals surface area contributed by atoms with Crippen molar-refractivity contribution in [2.24, 2.45) is 5.18 Å². The van der Waals surface area contributed by atoms with E-state index in [1.165, 1.54) is 6.20 Å². The van der Waals surface area contributed by atoms with Crippen molar-refractivity contribution in [2.45, 2.75) is 43.7 Å². The third-order valence-corrected chi connectivity index (χ3v) is 7.43. The summed E-state index contributed by atoms with van der Waals surface area (Å²) in [5, 5.41) is 14.9. The molecule has 2 saturated heterocycles. The van der Waals surface area contributed by atoms with Gasteiger partial charge in [0.05, 0.1) is 35.4 Å². The molecule has 3 aliphatic heterocycles. The predicted octanol–water partition coefficient (Wildman–Crippen LogP) is 2.63. The number of hydrogen-bond acceptors (Lipinski definition) is 9. The van der Waals surface area contributed by atoms with Crippen molar-refractivity contribution >= 4 is 31.2 Å². The van der Waals surface area contributed by atoms with Gasteiger partial charge in [-0.3, -0.25) is 9.59 Å². The molecule has 1 spiro atoms. The Bertz CT molecular complexity index is 1250. The Morgan fingerprint density at radius 3 is 2.64 bits per heavy atom. The molecule has 5 rings (SSSR count). The fourth-order valence-corrected chi connectivity index (χ4v) is 5.26. The van der Waals surface area contributed by atoms with Crippen LogP contribution >= 0.6 is 0 Å². The number of nitroso groups, excluding NO2 is 1. The number of Topliss-reactive ketones (excluding diaryl/α,β-unsaturated/α-hetero) is 1. The van der Waals surface area contributed by atoms with Crippen LogP contribution < -0.4 is 14.9 Å². The average molecular weight is 484 g/mol.